The van der Waals surface area contributed by atoms with Gasteiger partial charge in [-0.25, -0.2) is 14.6 Å². The number of hydrogen-bond acceptors (Lipinski definition) is 5. The SMILES string of the molecule is COc1cccc(-c2nn(-c3ccccc3)cc2CN(C)[C@H](C)c2ccncn2)c1. The summed E-state index contributed by atoms with van der Waals surface area (Å²) in [5, 5.41) is 4.92. The quantitative estimate of drug-likeness (QED) is 0.457. The lowest BCUT2D eigenvalue weighted by Gasteiger charge is -2.24. The van der Waals surface area contributed by atoms with Gasteiger partial charge in [-0.05, 0) is 44.3 Å². The van der Waals surface area contributed by atoms with Crippen LogP contribution in [-0.2, 0) is 6.54 Å². The van der Waals surface area contributed by atoms with Gasteiger partial charge in [0.25, 0.3) is 0 Å². The standard InChI is InChI=1S/C24H25N5O/c1-18(23-12-13-25-17-26-23)28(2)15-20-16-29(21-9-5-4-6-10-21)27-24(20)19-8-7-11-22(14-19)30-3/h4-14,16-18H,15H2,1-3H3/t18-/m1/s1. The number of aromatic nitrogens is 4. The highest BCUT2D eigenvalue weighted by Crippen LogP contribution is 2.29. The van der Waals surface area contributed by atoms with E-state index in [1.54, 1.807) is 19.6 Å². The molecule has 0 amide bonds. The first-order valence-corrected chi connectivity index (χ1v) is 9.90. The van der Waals surface area contributed by atoms with Crippen LogP contribution < -0.4 is 4.74 Å². The predicted octanol–water partition coefficient (Wildman–Crippen LogP) is 4.53. The van der Waals surface area contributed by atoms with E-state index in [0.29, 0.717) is 0 Å². The minimum atomic E-state index is 0.145. The third kappa shape index (κ3) is 4.23. The second-order valence-electron chi connectivity index (χ2n) is 7.24. The molecule has 2 aromatic heterocycles. The lowest BCUT2D eigenvalue weighted by Crippen LogP contribution is -2.22. The highest BCUT2D eigenvalue weighted by molar-refractivity contribution is 5.65. The smallest absolute Gasteiger partial charge is 0.119 e. The van der Waals surface area contributed by atoms with Gasteiger partial charge in [0.05, 0.1) is 24.2 Å². The maximum absolute atomic E-state index is 5.43. The Hall–Kier alpha value is -3.51. The minimum Gasteiger partial charge on any atom is -0.497 e. The predicted molar refractivity (Wildman–Crippen MR) is 117 cm³/mol. The van der Waals surface area contributed by atoms with Gasteiger partial charge in [-0.1, -0.05) is 30.3 Å². The van der Waals surface area contributed by atoms with Gasteiger partial charge in [-0.2, -0.15) is 5.10 Å². The average Bonchev–Trinajstić information content (AvgIpc) is 3.23. The van der Waals surface area contributed by atoms with E-state index < -0.39 is 0 Å². The van der Waals surface area contributed by atoms with Crippen molar-refractivity contribution in [2.75, 3.05) is 14.2 Å². The molecule has 1 atom stereocenters. The Morgan fingerprint density at radius 2 is 1.90 bits per heavy atom. The number of para-hydroxylation sites is 1. The van der Waals surface area contributed by atoms with Gasteiger partial charge in [-0.15, -0.1) is 0 Å². The molecule has 0 aliphatic carbocycles. The third-order valence-electron chi connectivity index (χ3n) is 5.27. The van der Waals surface area contributed by atoms with Crippen LogP contribution in [-0.4, -0.2) is 38.8 Å². The van der Waals surface area contributed by atoms with Crippen molar-refractivity contribution in [3.63, 3.8) is 0 Å². The second-order valence-corrected chi connectivity index (χ2v) is 7.24. The molecule has 6 heteroatoms. The van der Waals surface area contributed by atoms with Crippen LogP contribution in [0.5, 0.6) is 5.75 Å². The molecular weight excluding hydrogens is 374 g/mol. The molecule has 2 aromatic carbocycles. The summed E-state index contributed by atoms with van der Waals surface area (Å²) in [6.45, 7) is 2.87. The molecule has 0 fully saturated rings. The summed E-state index contributed by atoms with van der Waals surface area (Å²) in [5.41, 5.74) is 5.13. The number of hydrogen-bond donors (Lipinski definition) is 0. The van der Waals surface area contributed by atoms with Crippen LogP contribution >= 0.6 is 0 Å². The van der Waals surface area contributed by atoms with Gasteiger partial charge in [0.15, 0.2) is 0 Å². The topological polar surface area (TPSA) is 56.1 Å². The molecule has 0 spiro atoms. The number of ether oxygens (including phenoxy) is 1. The minimum absolute atomic E-state index is 0.145. The first kappa shape index (κ1) is 19.8. The third-order valence-corrected chi connectivity index (χ3v) is 5.27. The van der Waals surface area contributed by atoms with Crippen LogP contribution in [0.15, 0.2) is 79.4 Å². The number of nitrogens with zero attached hydrogens (tertiary/aromatic N) is 5. The molecule has 152 valence electrons. The number of methoxy groups -OCH3 is 1. The maximum atomic E-state index is 5.43. The molecule has 30 heavy (non-hydrogen) atoms. The first-order valence-electron chi connectivity index (χ1n) is 9.90. The summed E-state index contributed by atoms with van der Waals surface area (Å²) in [5.74, 6) is 0.815. The molecule has 0 unspecified atom stereocenters. The van der Waals surface area contributed by atoms with E-state index in [0.717, 1.165) is 40.5 Å². The van der Waals surface area contributed by atoms with Crippen molar-refractivity contribution < 1.29 is 4.74 Å². The Balaban J connectivity index is 1.70. The molecule has 0 saturated heterocycles. The normalized spacial score (nSPS) is 12.1. The van der Waals surface area contributed by atoms with Gasteiger partial charge < -0.3 is 4.74 Å². The molecule has 0 saturated carbocycles. The number of benzene rings is 2. The highest BCUT2D eigenvalue weighted by Gasteiger charge is 2.18. The van der Waals surface area contributed by atoms with Gasteiger partial charge in [0.2, 0.25) is 0 Å². The van der Waals surface area contributed by atoms with Crippen molar-refractivity contribution in [2.45, 2.75) is 19.5 Å². The van der Waals surface area contributed by atoms with Crippen molar-refractivity contribution in [3.8, 4) is 22.7 Å². The van der Waals surface area contributed by atoms with Crippen molar-refractivity contribution in [2.24, 2.45) is 0 Å². The zero-order valence-corrected chi connectivity index (χ0v) is 17.4. The molecule has 6 nitrogen and oxygen atoms in total. The molecule has 2 heterocycles. The maximum Gasteiger partial charge on any atom is 0.119 e. The highest BCUT2D eigenvalue weighted by atomic mass is 16.5. The van der Waals surface area contributed by atoms with Gasteiger partial charge >= 0.3 is 0 Å². The van der Waals surface area contributed by atoms with Crippen LogP contribution in [0.1, 0.15) is 24.2 Å². The zero-order chi connectivity index (χ0) is 20.9. The second kappa shape index (κ2) is 8.88. The summed E-state index contributed by atoms with van der Waals surface area (Å²) in [7, 11) is 3.78. The monoisotopic (exact) mass is 399 g/mol. The Morgan fingerprint density at radius 3 is 2.63 bits per heavy atom. The van der Waals surface area contributed by atoms with E-state index in [1.807, 2.05) is 47.1 Å². The first-order chi connectivity index (χ1) is 14.7. The average molecular weight is 399 g/mol. The van der Waals surface area contributed by atoms with E-state index in [9.17, 15) is 0 Å². The summed E-state index contributed by atoms with van der Waals surface area (Å²) in [6, 6.07) is 20.3. The van der Waals surface area contributed by atoms with Crippen molar-refractivity contribution in [1.29, 1.82) is 0 Å². The molecular formula is C24H25N5O. The molecule has 4 rings (SSSR count). The van der Waals surface area contributed by atoms with E-state index in [4.69, 9.17) is 9.84 Å². The van der Waals surface area contributed by atoms with Gasteiger partial charge in [0, 0.05) is 36.1 Å². The lowest BCUT2D eigenvalue weighted by atomic mass is 10.1. The van der Waals surface area contributed by atoms with Gasteiger partial charge in [-0.3, -0.25) is 4.90 Å². The Labute approximate surface area is 176 Å². The largest absolute Gasteiger partial charge is 0.497 e. The summed E-state index contributed by atoms with van der Waals surface area (Å²) in [4.78, 5) is 10.7. The van der Waals surface area contributed by atoms with Crippen molar-refractivity contribution in [3.05, 3.63) is 90.6 Å². The van der Waals surface area contributed by atoms with Crippen LogP contribution in [0, 0.1) is 0 Å². The Morgan fingerprint density at radius 1 is 1.07 bits per heavy atom. The van der Waals surface area contributed by atoms with Crippen LogP contribution in [0.25, 0.3) is 16.9 Å². The fourth-order valence-corrected chi connectivity index (χ4v) is 3.43. The Kier molecular flexibility index (Phi) is 5.86. The van der Waals surface area contributed by atoms with E-state index in [2.05, 4.69) is 53.2 Å². The molecule has 0 radical (unpaired) electrons. The van der Waals surface area contributed by atoms with E-state index >= 15 is 0 Å². The molecule has 0 aliphatic heterocycles. The molecule has 4 aromatic rings. The van der Waals surface area contributed by atoms with Crippen LogP contribution in [0.4, 0.5) is 0 Å². The molecule has 0 N–H and O–H groups in total. The summed E-state index contributed by atoms with van der Waals surface area (Å²) < 4.78 is 7.36. The fourth-order valence-electron chi connectivity index (χ4n) is 3.43. The van der Waals surface area contributed by atoms with Crippen LogP contribution in [0.3, 0.4) is 0 Å². The van der Waals surface area contributed by atoms with Crippen molar-refractivity contribution >= 4 is 0 Å². The molecule has 0 aliphatic rings. The summed E-state index contributed by atoms with van der Waals surface area (Å²) in [6.07, 6.45) is 5.48. The van der Waals surface area contributed by atoms with Crippen molar-refractivity contribution in [1.82, 2.24) is 24.6 Å². The zero-order valence-electron chi connectivity index (χ0n) is 17.4. The Bertz CT molecular complexity index is 1100. The molecule has 0 bridgehead atoms. The number of rotatable bonds is 7. The fraction of sp³-hybridized carbons (Fsp3) is 0.208. The summed E-state index contributed by atoms with van der Waals surface area (Å²) >= 11 is 0. The van der Waals surface area contributed by atoms with Gasteiger partial charge in [0.1, 0.15) is 12.1 Å². The van der Waals surface area contributed by atoms with E-state index in [1.165, 1.54) is 0 Å². The van der Waals surface area contributed by atoms with E-state index in [-0.39, 0.29) is 6.04 Å². The lowest BCUT2D eigenvalue weighted by molar-refractivity contribution is 0.248. The van der Waals surface area contributed by atoms with Crippen LogP contribution in [0.2, 0.25) is 0 Å².